The summed E-state index contributed by atoms with van der Waals surface area (Å²) in [7, 11) is 0. The van der Waals surface area contributed by atoms with E-state index in [1.807, 2.05) is 0 Å². The molecule has 0 aromatic heterocycles. The van der Waals surface area contributed by atoms with Gasteiger partial charge in [0, 0.05) is 23.2 Å². The molecular weight excluding hydrogens is 432 g/mol. The Hall–Kier alpha value is -2.02. The summed E-state index contributed by atoms with van der Waals surface area (Å²) in [6.45, 7) is 4.29. The first-order valence-corrected chi connectivity index (χ1v) is 12.7. The number of benzene rings is 1. The predicted molar refractivity (Wildman–Crippen MR) is 129 cm³/mol. The summed E-state index contributed by atoms with van der Waals surface area (Å²) in [6.07, 6.45) is 12.8. The third-order valence-electron chi connectivity index (χ3n) is 10.3. The van der Waals surface area contributed by atoms with Crippen LogP contribution in [0.15, 0.2) is 40.6 Å². The lowest BCUT2D eigenvalue weighted by Gasteiger charge is -2.63. The first-order valence-electron chi connectivity index (χ1n) is 12.3. The summed E-state index contributed by atoms with van der Waals surface area (Å²) < 4.78 is 0. The molecule has 5 aliphatic carbocycles. The summed E-state index contributed by atoms with van der Waals surface area (Å²) >= 11 is 6.90. The number of allylic oxidation sites excluding steroid dienone is 4. The van der Waals surface area contributed by atoms with Crippen molar-refractivity contribution in [3.8, 4) is 12.3 Å². The average molecular weight is 463 g/mol. The van der Waals surface area contributed by atoms with E-state index in [2.05, 4.69) is 38.0 Å². The Morgan fingerprint density at radius 1 is 1.30 bits per heavy atom. The fourth-order valence-electron chi connectivity index (χ4n) is 8.69. The molecule has 2 saturated carbocycles. The maximum absolute atomic E-state index is 12.5. The third-order valence-corrected chi connectivity index (χ3v) is 10.7. The van der Waals surface area contributed by atoms with E-state index in [4.69, 9.17) is 18.0 Å². The number of fused-ring (bicyclic) bond motifs is 4. The van der Waals surface area contributed by atoms with E-state index in [-0.39, 0.29) is 40.6 Å². The average Bonchev–Trinajstić information content (AvgIpc) is 3.08. The maximum Gasteiger partial charge on any atom is 0.156 e. The van der Waals surface area contributed by atoms with Crippen LogP contribution in [-0.4, -0.2) is 21.6 Å². The van der Waals surface area contributed by atoms with Crippen molar-refractivity contribution >= 4 is 17.4 Å². The predicted octanol–water partition coefficient (Wildman–Crippen LogP) is 5.60. The second-order valence-electron chi connectivity index (χ2n) is 11.4. The highest BCUT2D eigenvalue weighted by atomic mass is 35.5. The van der Waals surface area contributed by atoms with Crippen LogP contribution in [0.3, 0.4) is 0 Å². The molecule has 1 spiro atoms. The number of terminal acetylenes is 1. The number of carbonyl (C=O) groups excluding carboxylic acids is 1. The highest BCUT2D eigenvalue weighted by Gasteiger charge is 2.69. The molecule has 0 radical (unpaired) electrons. The van der Waals surface area contributed by atoms with Gasteiger partial charge in [-0.05, 0) is 84.6 Å². The number of halogens is 1. The van der Waals surface area contributed by atoms with Gasteiger partial charge in [-0.2, -0.15) is 0 Å². The smallest absolute Gasteiger partial charge is 0.156 e. The van der Waals surface area contributed by atoms with Crippen LogP contribution < -0.4 is 0 Å². The molecule has 0 bridgehead atoms. The van der Waals surface area contributed by atoms with Gasteiger partial charge in [-0.15, -0.1) is 6.42 Å². The van der Waals surface area contributed by atoms with Crippen molar-refractivity contribution in [2.45, 2.75) is 70.3 Å². The largest absolute Gasteiger partial charge is 0.510 e. The van der Waals surface area contributed by atoms with E-state index in [1.54, 1.807) is 6.08 Å². The topological polar surface area (TPSA) is 57.5 Å². The van der Waals surface area contributed by atoms with Crippen LogP contribution in [0.4, 0.5) is 0 Å². The van der Waals surface area contributed by atoms with Crippen molar-refractivity contribution in [3.63, 3.8) is 0 Å². The first-order chi connectivity index (χ1) is 15.7. The van der Waals surface area contributed by atoms with Gasteiger partial charge in [0.25, 0.3) is 0 Å². The Morgan fingerprint density at radius 3 is 2.82 bits per heavy atom. The molecule has 0 heterocycles. The zero-order valence-electron chi connectivity index (χ0n) is 19.3. The number of aryl methyl sites for hydroxylation is 1. The molecule has 5 aliphatic rings. The van der Waals surface area contributed by atoms with Gasteiger partial charge in [0.2, 0.25) is 0 Å². The van der Waals surface area contributed by atoms with Crippen molar-refractivity contribution in [1.29, 1.82) is 0 Å². The van der Waals surface area contributed by atoms with Gasteiger partial charge < -0.3 is 10.2 Å². The molecule has 3 nitrogen and oxygen atoms in total. The molecule has 0 amide bonds. The van der Waals surface area contributed by atoms with Gasteiger partial charge in [0.15, 0.2) is 5.78 Å². The molecule has 1 aromatic carbocycles. The number of carbonyl (C=O) groups is 1. The SMILES string of the molecule is C#C[C@]1(O)CC[C@H]2[C@@H]3C(O)=C(Cl)C4=CC(=O)CC[C@@]45Cc4cc(CC)ccc4C(C[C@@]21C)C35. The van der Waals surface area contributed by atoms with E-state index < -0.39 is 11.0 Å². The Balaban J connectivity index is 1.65. The molecule has 2 fully saturated rings. The number of aliphatic hydroxyl groups is 2. The lowest BCUT2D eigenvalue weighted by atomic mass is 9.40. The minimum Gasteiger partial charge on any atom is -0.510 e. The van der Waals surface area contributed by atoms with Crippen molar-refractivity contribution in [2.24, 2.45) is 28.6 Å². The molecular formula is C29H31ClO3. The fourth-order valence-corrected chi connectivity index (χ4v) is 9.06. The molecule has 1 aromatic rings. The molecule has 0 aliphatic heterocycles. The van der Waals surface area contributed by atoms with Crippen molar-refractivity contribution in [1.82, 2.24) is 0 Å². The minimum atomic E-state index is -1.19. The molecule has 2 unspecified atom stereocenters. The summed E-state index contributed by atoms with van der Waals surface area (Å²) in [5, 5.41) is 23.5. The van der Waals surface area contributed by atoms with Crippen LogP contribution in [-0.2, 0) is 17.6 Å². The van der Waals surface area contributed by atoms with Gasteiger partial charge in [0.1, 0.15) is 11.4 Å². The number of rotatable bonds is 1. The van der Waals surface area contributed by atoms with Crippen LogP contribution in [0.25, 0.3) is 0 Å². The molecule has 6 rings (SSSR count). The zero-order valence-corrected chi connectivity index (χ0v) is 20.1. The number of hydrogen-bond acceptors (Lipinski definition) is 3. The molecule has 172 valence electrons. The van der Waals surface area contributed by atoms with Crippen LogP contribution in [0.2, 0.25) is 0 Å². The van der Waals surface area contributed by atoms with E-state index in [9.17, 15) is 15.0 Å². The fraction of sp³-hybridized carbons (Fsp3) is 0.552. The van der Waals surface area contributed by atoms with Crippen LogP contribution in [0.5, 0.6) is 0 Å². The summed E-state index contributed by atoms with van der Waals surface area (Å²) in [5.74, 6) is 3.23. The summed E-state index contributed by atoms with van der Waals surface area (Å²) in [5.41, 5.74) is 2.82. The van der Waals surface area contributed by atoms with E-state index in [0.29, 0.717) is 17.9 Å². The second kappa shape index (κ2) is 6.77. The summed E-state index contributed by atoms with van der Waals surface area (Å²) in [6, 6.07) is 6.81. The number of hydrogen-bond donors (Lipinski definition) is 2. The lowest BCUT2D eigenvalue weighted by molar-refractivity contribution is -0.121. The standard InChI is InChI=1S/C29H31ClO3/c1-4-16-6-7-19-17(12-16)14-28-10-8-18(31)13-22(28)25(30)26(32)23-21-9-11-29(33,5-2)27(21,3)15-20(19)24(23)28/h2,6-7,12-13,20-21,23-24,32-33H,4,8-11,14-15H2,1,3H3/t20?,21-,23-,24?,27-,28+,29-/m0/s1. The minimum absolute atomic E-state index is 0.0565. The van der Waals surface area contributed by atoms with E-state index in [1.165, 1.54) is 16.7 Å². The van der Waals surface area contributed by atoms with Crippen molar-refractivity contribution in [2.75, 3.05) is 0 Å². The zero-order chi connectivity index (χ0) is 23.3. The molecule has 2 N–H and O–H groups in total. The molecule has 33 heavy (non-hydrogen) atoms. The molecule has 0 saturated heterocycles. The lowest BCUT2D eigenvalue weighted by Crippen LogP contribution is -2.60. The number of ketones is 1. The van der Waals surface area contributed by atoms with Crippen molar-refractivity contribution in [3.05, 3.63) is 57.3 Å². The maximum atomic E-state index is 12.5. The Morgan fingerprint density at radius 2 is 2.09 bits per heavy atom. The third kappa shape index (κ3) is 2.50. The van der Waals surface area contributed by atoms with E-state index in [0.717, 1.165) is 37.7 Å². The highest BCUT2D eigenvalue weighted by molar-refractivity contribution is 6.33. The Bertz CT molecular complexity index is 1190. The van der Waals surface area contributed by atoms with E-state index >= 15 is 0 Å². The van der Waals surface area contributed by atoms with Crippen LogP contribution in [0, 0.1) is 40.9 Å². The van der Waals surface area contributed by atoms with Gasteiger partial charge in [-0.1, -0.05) is 49.6 Å². The quantitative estimate of drug-likeness (QED) is 0.534. The van der Waals surface area contributed by atoms with Crippen molar-refractivity contribution < 1.29 is 15.0 Å². The van der Waals surface area contributed by atoms with Crippen LogP contribution in [0.1, 0.15) is 68.6 Å². The first kappa shape index (κ1) is 21.5. The Labute approximate surface area is 200 Å². The monoisotopic (exact) mass is 462 g/mol. The molecule has 7 atom stereocenters. The Kier molecular flexibility index (Phi) is 4.41. The van der Waals surface area contributed by atoms with Crippen LogP contribution >= 0.6 is 11.6 Å². The highest BCUT2D eigenvalue weighted by Crippen LogP contribution is 2.73. The van der Waals surface area contributed by atoms with Gasteiger partial charge >= 0.3 is 0 Å². The number of aliphatic hydroxyl groups excluding tert-OH is 1. The van der Waals surface area contributed by atoms with Gasteiger partial charge in [-0.25, -0.2) is 0 Å². The van der Waals surface area contributed by atoms with Gasteiger partial charge in [0.05, 0.1) is 5.03 Å². The summed E-state index contributed by atoms with van der Waals surface area (Å²) in [4.78, 5) is 12.5. The molecule has 4 heteroatoms. The van der Waals surface area contributed by atoms with Gasteiger partial charge in [-0.3, -0.25) is 4.79 Å². The normalized spacial score (nSPS) is 43.1. The second-order valence-corrected chi connectivity index (χ2v) is 11.8.